The van der Waals surface area contributed by atoms with E-state index in [1.807, 2.05) is 0 Å². The van der Waals surface area contributed by atoms with E-state index in [1.165, 1.54) is 31.4 Å². The third-order valence-electron chi connectivity index (χ3n) is 2.57. The minimum absolute atomic E-state index is 0.0174. The van der Waals surface area contributed by atoms with Crippen LogP contribution in [0.1, 0.15) is 23.2 Å². The van der Waals surface area contributed by atoms with Gasteiger partial charge in [0.2, 0.25) is 0 Å². The van der Waals surface area contributed by atoms with Crippen LogP contribution >= 0.6 is 0 Å². The lowest BCUT2D eigenvalue weighted by molar-refractivity contribution is -0.140. The average Bonchev–Trinajstić information content (AvgIpc) is 2.57. The SMILES string of the molecule is COC(=O)/C=C/C(=O)OCCCC(=O)Oc1ccc(C=O)cc1. The molecule has 0 aliphatic carbocycles. The number of carbonyl (C=O) groups excluding carboxylic acids is 4. The number of rotatable bonds is 8. The molecule has 0 saturated carbocycles. The number of methoxy groups -OCH3 is 1. The summed E-state index contributed by atoms with van der Waals surface area (Å²) in [5, 5.41) is 0. The zero-order chi connectivity index (χ0) is 17.1. The van der Waals surface area contributed by atoms with Gasteiger partial charge in [0.05, 0.1) is 13.7 Å². The first kappa shape index (κ1) is 18.1. The smallest absolute Gasteiger partial charge is 0.331 e. The van der Waals surface area contributed by atoms with E-state index in [0.717, 1.165) is 12.2 Å². The molecule has 0 aromatic heterocycles. The van der Waals surface area contributed by atoms with E-state index in [1.54, 1.807) is 0 Å². The fourth-order valence-corrected chi connectivity index (χ4v) is 1.44. The predicted octanol–water partition coefficient (Wildman–Crippen LogP) is 1.46. The van der Waals surface area contributed by atoms with Gasteiger partial charge in [-0.1, -0.05) is 0 Å². The molecule has 0 atom stereocenters. The summed E-state index contributed by atoms with van der Waals surface area (Å²) < 4.78 is 14.1. The Morgan fingerprint density at radius 2 is 1.70 bits per heavy atom. The van der Waals surface area contributed by atoms with Crippen molar-refractivity contribution in [2.24, 2.45) is 0 Å². The van der Waals surface area contributed by atoms with Gasteiger partial charge in [0, 0.05) is 24.1 Å². The Hall–Kier alpha value is -2.96. The molecule has 23 heavy (non-hydrogen) atoms. The molecule has 1 aromatic carbocycles. The van der Waals surface area contributed by atoms with Crippen molar-refractivity contribution in [3.05, 3.63) is 42.0 Å². The topological polar surface area (TPSA) is 96.0 Å². The molecular weight excluding hydrogens is 304 g/mol. The average molecular weight is 320 g/mol. The van der Waals surface area contributed by atoms with Crippen LogP contribution in [-0.2, 0) is 23.9 Å². The molecule has 7 heteroatoms. The van der Waals surface area contributed by atoms with Crippen LogP contribution in [0.4, 0.5) is 0 Å². The molecule has 0 spiro atoms. The minimum atomic E-state index is -0.701. The summed E-state index contributed by atoms with van der Waals surface area (Å²) in [5.41, 5.74) is 0.483. The largest absolute Gasteiger partial charge is 0.466 e. The number of carbonyl (C=O) groups is 4. The molecule has 0 aliphatic rings. The minimum Gasteiger partial charge on any atom is -0.466 e. The van der Waals surface area contributed by atoms with E-state index in [-0.39, 0.29) is 19.4 Å². The van der Waals surface area contributed by atoms with Crippen molar-refractivity contribution in [1.82, 2.24) is 0 Å². The van der Waals surface area contributed by atoms with Gasteiger partial charge in [-0.15, -0.1) is 0 Å². The van der Waals surface area contributed by atoms with Crippen molar-refractivity contribution in [2.75, 3.05) is 13.7 Å². The van der Waals surface area contributed by atoms with Gasteiger partial charge in [-0.3, -0.25) is 9.59 Å². The Morgan fingerprint density at radius 1 is 1.04 bits per heavy atom. The van der Waals surface area contributed by atoms with E-state index in [0.29, 0.717) is 17.6 Å². The molecule has 0 saturated heterocycles. The molecule has 0 radical (unpaired) electrons. The van der Waals surface area contributed by atoms with Crippen LogP contribution in [0.3, 0.4) is 0 Å². The standard InChI is InChI=1S/C16H16O7/c1-21-14(18)8-9-15(19)22-10-2-3-16(20)23-13-6-4-12(11-17)5-7-13/h4-9,11H,2-3,10H2,1H3/b9-8+. The van der Waals surface area contributed by atoms with Crippen LogP contribution in [-0.4, -0.2) is 37.9 Å². The van der Waals surface area contributed by atoms with Crippen molar-refractivity contribution in [3.8, 4) is 5.75 Å². The van der Waals surface area contributed by atoms with Crippen molar-refractivity contribution in [2.45, 2.75) is 12.8 Å². The molecule has 0 fully saturated rings. The summed E-state index contributed by atoms with van der Waals surface area (Å²) in [6.07, 6.45) is 2.92. The van der Waals surface area contributed by atoms with E-state index in [4.69, 9.17) is 9.47 Å². The number of aldehydes is 1. The number of esters is 3. The summed E-state index contributed by atoms with van der Waals surface area (Å²) in [6.45, 7) is 0.0174. The monoisotopic (exact) mass is 320 g/mol. The number of ether oxygens (including phenoxy) is 3. The molecule has 0 heterocycles. The van der Waals surface area contributed by atoms with Crippen LogP contribution in [0.2, 0.25) is 0 Å². The molecule has 1 aromatic rings. The molecule has 0 bridgehead atoms. The van der Waals surface area contributed by atoms with Crippen molar-refractivity contribution >= 4 is 24.2 Å². The Kier molecular flexibility index (Phi) is 7.77. The first-order valence-electron chi connectivity index (χ1n) is 6.74. The van der Waals surface area contributed by atoms with Crippen molar-refractivity contribution in [1.29, 1.82) is 0 Å². The first-order chi connectivity index (χ1) is 11.0. The first-order valence-corrected chi connectivity index (χ1v) is 6.74. The van der Waals surface area contributed by atoms with Gasteiger partial charge in [-0.25, -0.2) is 9.59 Å². The van der Waals surface area contributed by atoms with Gasteiger partial charge >= 0.3 is 17.9 Å². The summed E-state index contributed by atoms with van der Waals surface area (Å²) in [7, 11) is 1.19. The van der Waals surface area contributed by atoms with Crippen molar-refractivity contribution < 1.29 is 33.4 Å². The fraction of sp³-hybridized carbons (Fsp3) is 0.250. The third-order valence-corrected chi connectivity index (χ3v) is 2.57. The van der Waals surface area contributed by atoms with Crippen LogP contribution in [0.25, 0.3) is 0 Å². The molecule has 122 valence electrons. The highest BCUT2D eigenvalue weighted by Crippen LogP contribution is 2.12. The zero-order valence-electron chi connectivity index (χ0n) is 12.5. The Morgan fingerprint density at radius 3 is 2.30 bits per heavy atom. The second-order valence-corrected chi connectivity index (χ2v) is 4.29. The molecule has 0 amide bonds. The van der Waals surface area contributed by atoms with Gasteiger partial charge < -0.3 is 14.2 Å². The normalized spacial score (nSPS) is 10.1. The summed E-state index contributed by atoms with van der Waals surface area (Å²) in [5.74, 6) is -1.51. The highest BCUT2D eigenvalue weighted by Gasteiger charge is 2.06. The third kappa shape index (κ3) is 7.56. The predicted molar refractivity (Wildman–Crippen MR) is 78.8 cm³/mol. The second-order valence-electron chi connectivity index (χ2n) is 4.29. The lowest BCUT2D eigenvalue weighted by Gasteiger charge is -2.04. The van der Waals surface area contributed by atoms with Gasteiger partial charge in [0.25, 0.3) is 0 Å². The van der Waals surface area contributed by atoms with Crippen LogP contribution in [0.15, 0.2) is 36.4 Å². The molecule has 0 aliphatic heterocycles. The molecule has 1 rings (SSSR count). The quantitative estimate of drug-likeness (QED) is 0.235. The number of benzene rings is 1. The van der Waals surface area contributed by atoms with Crippen LogP contribution < -0.4 is 4.74 Å². The van der Waals surface area contributed by atoms with Gasteiger partial charge in [-0.05, 0) is 30.7 Å². The van der Waals surface area contributed by atoms with E-state index < -0.39 is 17.9 Å². The Labute approximate surface area is 132 Å². The van der Waals surface area contributed by atoms with Gasteiger partial charge in [0.1, 0.15) is 12.0 Å². The maximum Gasteiger partial charge on any atom is 0.331 e. The van der Waals surface area contributed by atoms with E-state index in [2.05, 4.69) is 4.74 Å². The van der Waals surface area contributed by atoms with Crippen LogP contribution in [0.5, 0.6) is 5.75 Å². The maximum absolute atomic E-state index is 11.6. The van der Waals surface area contributed by atoms with Crippen LogP contribution in [0, 0.1) is 0 Å². The van der Waals surface area contributed by atoms with E-state index in [9.17, 15) is 19.2 Å². The number of hydrogen-bond acceptors (Lipinski definition) is 7. The lowest BCUT2D eigenvalue weighted by Crippen LogP contribution is -2.10. The summed E-state index contributed by atoms with van der Waals surface area (Å²) in [6, 6.07) is 6.09. The highest BCUT2D eigenvalue weighted by molar-refractivity contribution is 5.91. The second kappa shape index (κ2) is 9.88. The molecule has 0 N–H and O–H groups in total. The summed E-state index contributed by atoms with van der Waals surface area (Å²) >= 11 is 0. The Balaban J connectivity index is 2.23. The van der Waals surface area contributed by atoms with Gasteiger partial charge in [-0.2, -0.15) is 0 Å². The molecule has 7 nitrogen and oxygen atoms in total. The lowest BCUT2D eigenvalue weighted by atomic mass is 10.2. The van der Waals surface area contributed by atoms with Gasteiger partial charge in [0.15, 0.2) is 0 Å². The molecular formula is C16H16O7. The maximum atomic E-state index is 11.6. The fourth-order valence-electron chi connectivity index (χ4n) is 1.44. The zero-order valence-corrected chi connectivity index (χ0v) is 12.5. The summed E-state index contributed by atoms with van der Waals surface area (Å²) in [4.78, 5) is 44.0. The van der Waals surface area contributed by atoms with E-state index >= 15 is 0 Å². The highest BCUT2D eigenvalue weighted by atomic mass is 16.5. The number of hydrogen-bond donors (Lipinski definition) is 0. The Bertz CT molecular complexity index is 587. The van der Waals surface area contributed by atoms with Crippen molar-refractivity contribution in [3.63, 3.8) is 0 Å². The molecule has 0 unspecified atom stereocenters.